The van der Waals surface area contributed by atoms with E-state index in [1.54, 1.807) is 20.0 Å². The van der Waals surface area contributed by atoms with Crippen LogP contribution in [0.3, 0.4) is 0 Å². The second-order valence-electron chi connectivity index (χ2n) is 7.60. The number of allylic oxidation sites excluding steroid dienone is 1. The largest absolute Gasteiger partial charge is 0.396 e. The molecule has 2 aromatic rings. The minimum atomic E-state index is -0.293. The topological polar surface area (TPSA) is 109 Å². The van der Waals surface area contributed by atoms with Crippen LogP contribution in [0.15, 0.2) is 47.1 Å². The molecule has 2 rings (SSSR count). The summed E-state index contributed by atoms with van der Waals surface area (Å²) in [6.45, 7) is 7.57. The molecule has 166 valence electrons. The Labute approximate surface area is 187 Å². The number of benzene rings is 1. The minimum absolute atomic E-state index is 0.0203. The minimum Gasteiger partial charge on any atom is -0.396 e. The summed E-state index contributed by atoms with van der Waals surface area (Å²) in [6, 6.07) is 9.65. The van der Waals surface area contributed by atoms with Gasteiger partial charge in [-0.1, -0.05) is 55.9 Å². The predicted molar refractivity (Wildman–Crippen MR) is 124 cm³/mol. The van der Waals surface area contributed by atoms with E-state index < -0.39 is 0 Å². The van der Waals surface area contributed by atoms with Crippen molar-refractivity contribution in [3.05, 3.63) is 64.1 Å². The number of amides is 1. The highest BCUT2D eigenvalue weighted by Gasteiger charge is 2.26. The maximum absolute atomic E-state index is 13.2. The van der Waals surface area contributed by atoms with Crippen molar-refractivity contribution >= 4 is 29.1 Å². The number of aliphatic hydroxyl groups excluding tert-OH is 1. The normalized spacial score (nSPS) is 13.0. The van der Waals surface area contributed by atoms with Crippen molar-refractivity contribution in [1.82, 2.24) is 14.9 Å². The average Bonchev–Trinajstić information content (AvgIpc) is 2.73. The average molecular weight is 443 g/mol. The molecule has 1 unspecified atom stereocenters. The molecule has 1 amide bonds. The molecule has 3 N–H and O–H groups in total. The van der Waals surface area contributed by atoms with Crippen LogP contribution in [0.2, 0.25) is 0 Å². The number of hydrogen-bond donors (Lipinski definition) is 2. The van der Waals surface area contributed by atoms with E-state index in [4.69, 9.17) is 5.73 Å². The first-order chi connectivity index (χ1) is 14.8. The summed E-state index contributed by atoms with van der Waals surface area (Å²) in [6.07, 6.45) is 2.55. The number of thioether (sulfide) groups is 1. The Morgan fingerprint density at radius 2 is 1.97 bits per heavy atom. The molecule has 1 heterocycles. The summed E-state index contributed by atoms with van der Waals surface area (Å²) >= 11 is 1.09. The van der Waals surface area contributed by atoms with Gasteiger partial charge < -0.3 is 15.7 Å². The van der Waals surface area contributed by atoms with Gasteiger partial charge in [-0.05, 0) is 25.3 Å². The fourth-order valence-corrected chi connectivity index (χ4v) is 4.50. The zero-order valence-electron chi connectivity index (χ0n) is 18.4. The molecule has 7 nitrogen and oxygen atoms in total. The summed E-state index contributed by atoms with van der Waals surface area (Å²) in [5, 5.41) is 9.56. The zero-order valence-corrected chi connectivity index (χ0v) is 19.2. The standard InChI is InChI=1S/C23H30N4O3S/c1-15(2)21(18-8-6-5-7-9-18)23(30)31-20(10-11-28)16(3)27(14-29)13-19-12-25-17(4)26-22(19)24/h5-9,12,14-15,21,28H,10-11,13H2,1-4H3,(H2,24,25,26)/b20-16-. The lowest BCUT2D eigenvalue weighted by Gasteiger charge is -2.24. The van der Waals surface area contributed by atoms with E-state index >= 15 is 0 Å². The van der Waals surface area contributed by atoms with Gasteiger partial charge in [0.05, 0.1) is 12.5 Å². The third-order valence-electron chi connectivity index (χ3n) is 4.96. The first kappa shape index (κ1) is 24.6. The first-order valence-corrected chi connectivity index (χ1v) is 11.0. The molecule has 1 aromatic carbocycles. The van der Waals surface area contributed by atoms with E-state index in [0.29, 0.717) is 34.2 Å². The van der Waals surface area contributed by atoms with Crippen molar-refractivity contribution in [2.24, 2.45) is 5.92 Å². The maximum atomic E-state index is 13.2. The van der Waals surface area contributed by atoms with Crippen LogP contribution in [0, 0.1) is 12.8 Å². The molecule has 8 heteroatoms. The number of nitrogen functional groups attached to an aromatic ring is 1. The number of aromatic nitrogens is 2. The molecular formula is C23H30N4O3S. The quantitative estimate of drug-likeness (QED) is 0.541. The highest BCUT2D eigenvalue weighted by atomic mass is 32.2. The van der Waals surface area contributed by atoms with Gasteiger partial charge in [-0.25, -0.2) is 9.97 Å². The second kappa shape index (κ2) is 11.6. The van der Waals surface area contributed by atoms with Crippen LogP contribution in [0.5, 0.6) is 0 Å². The second-order valence-corrected chi connectivity index (χ2v) is 8.70. The van der Waals surface area contributed by atoms with Gasteiger partial charge in [0.15, 0.2) is 0 Å². The smallest absolute Gasteiger partial charge is 0.214 e. The molecular weight excluding hydrogens is 412 g/mol. The van der Waals surface area contributed by atoms with Gasteiger partial charge in [0, 0.05) is 35.4 Å². The number of carbonyl (C=O) groups is 2. The van der Waals surface area contributed by atoms with Crippen molar-refractivity contribution in [1.29, 1.82) is 0 Å². The summed E-state index contributed by atoms with van der Waals surface area (Å²) in [5.41, 5.74) is 8.13. The van der Waals surface area contributed by atoms with Crippen molar-refractivity contribution < 1.29 is 14.7 Å². The number of aliphatic hydroxyl groups is 1. The predicted octanol–water partition coefficient (Wildman–Crippen LogP) is 3.64. The van der Waals surface area contributed by atoms with E-state index in [2.05, 4.69) is 9.97 Å². The van der Waals surface area contributed by atoms with Gasteiger partial charge in [0.1, 0.15) is 11.6 Å². The number of nitrogens with zero attached hydrogens (tertiary/aromatic N) is 3. The SMILES string of the molecule is C/C(=C(\CCO)SC(=O)C(c1ccccc1)C(C)C)N(C=O)Cc1cnc(C)nc1N. The Balaban J connectivity index is 2.31. The van der Waals surface area contributed by atoms with Crippen LogP contribution >= 0.6 is 11.8 Å². The Morgan fingerprint density at radius 1 is 1.29 bits per heavy atom. The fraction of sp³-hybridized carbons (Fsp3) is 0.391. The van der Waals surface area contributed by atoms with Crippen LogP contribution < -0.4 is 5.73 Å². The van der Waals surface area contributed by atoms with Crippen LogP contribution in [0.1, 0.15) is 50.1 Å². The van der Waals surface area contributed by atoms with Crippen molar-refractivity contribution in [2.45, 2.75) is 46.6 Å². The van der Waals surface area contributed by atoms with Crippen LogP contribution in [-0.4, -0.2) is 38.1 Å². The van der Waals surface area contributed by atoms with Gasteiger partial charge in [-0.2, -0.15) is 0 Å². The highest BCUT2D eigenvalue weighted by molar-refractivity contribution is 8.17. The van der Waals surface area contributed by atoms with E-state index in [1.165, 1.54) is 4.90 Å². The van der Waals surface area contributed by atoms with Crippen LogP contribution in [-0.2, 0) is 16.1 Å². The first-order valence-electron chi connectivity index (χ1n) is 10.2. The molecule has 0 aliphatic rings. The van der Waals surface area contributed by atoms with Crippen molar-refractivity contribution in [2.75, 3.05) is 12.3 Å². The Morgan fingerprint density at radius 3 is 2.52 bits per heavy atom. The molecule has 0 aliphatic heterocycles. The Hall–Kier alpha value is -2.71. The molecule has 0 spiro atoms. The molecule has 0 saturated heterocycles. The molecule has 1 aromatic heterocycles. The van der Waals surface area contributed by atoms with Crippen molar-refractivity contribution in [3.8, 4) is 0 Å². The lowest BCUT2D eigenvalue weighted by Crippen LogP contribution is -2.23. The third-order valence-corrected chi connectivity index (χ3v) is 6.16. The summed E-state index contributed by atoms with van der Waals surface area (Å²) in [5.74, 6) is 0.667. The molecule has 1 atom stereocenters. The van der Waals surface area contributed by atoms with Gasteiger partial charge in [-0.3, -0.25) is 9.59 Å². The summed E-state index contributed by atoms with van der Waals surface area (Å²) in [7, 11) is 0. The number of aryl methyl sites for hydroxylation is 1. The van der Waals surface area contributed by atoms with E-state index in [-0.39, 0.29) is 36.5 Å². The van der Waals surface area contributed by atoms with Gasteiger partial charge in [0.25, 0.3) is 0 Å². The third kappa shape index (κ3) is 6.63. The summed E-state index contributed by atoms with van der Waals surface area (Å²) < 4.78 is 0. The van der Waals surface area contributed by atoms with E-state index in [9.17, 15) is 14.7 Å². The number of anilines is 1. The lowest BCUT2D eigenvalue weighted by atomic mass is 9.90. The van der Waals surface area contributed by atoms with Gasteiger partial charge >= 0.3 is 0 Å². The monoisotopic (exact) mass is 442 g/mol. The molecule has 31 heavy (non-hydrogen) atoms. The molecule has 0 radical (unpaired) electrons. The van der Waals surface area contributed by atoms with E-state index in [0.717, 1.165) is 17.3 Å². The van der Waals surface area contributed by atoms with Gasteiger partial charge in [-0.15, -0.1) is 0 Å². The highest BCUT2D eigenvalue weighted by Crippen LogP contribution is 2.35. The number of hydrogen-bond acceptors (Lipinski definition) is 7. The number of nitrogens with two attached hydrogens (primary N) is 1. The van der Waals surface area contributed by atoms with Crippen molar-refractivity contribution in [3.63, 3.8) is 0 Å². The zero-order chi connectivity index (χ0) is 23.0. The fourth-order valence-electron chi connectivity index (χ4n) is 3.26. The maximum Gasteiger partial charge on any atom is 0.214 e. The molecule has 0 aliphatic carbocycles. The molecule has 0 saturated carbocycles. The van der Waals surface area contributed by atoms with Gasteiger partial charge in [0.2, 0.25) is 11.5 Å². The van der Waals surface area contributed by atoms with Crippen LogP contribution in [0.25, 0.3) is 0 Å². The Kier molecular flexibility index (Phi) is 9.21. The van der Waals surface area contributed by atoms with Crippen LogP contribution in [0.4, 0.5) is 5.82 Å². The number of rotatable bonds is 10. The molecule has 0 fully saturated rings. The summed E-state index contributed by atoms with van der Waals surface area (Å²) in [4.78, 5) is 35.5. The molecule has 0 bridgehead atoms. The lowest BCUT2D eigenvalue weighted by molar-refractivity contribution is -0.117. The van der Waals surface area contributed by atoms with E-state index in [1.807, 2.05) is 44.2 Å². The Bertz CT molecular complexity index is 932. The number of carbonyl (C=O) groups excluding carboxylic acids is 2.